The maximum Gasteiger partial charge on any atom is 0.373 e. The lowest BCUT2D eigenvalue weighted by Crippen LogP contribution is -2.13. The standard InChI is InChI=1S/C8H10O4/c1-10-7(9)6-4-5-2-3-11-8(5)12-6/h4-5,8H,2-3H2,1H3/t5-,8+/m0/s1. The van der Waals surface area contributed by atoms with Gasteiger partial charge in [-0.3, -0.25) is 0 Å². The van der Waals surface area contributed by atoms with Gasteiger partial charge in [0.1, 0.15) is 0 Å². The van der Waals surface area contributed by atoms with Crippen molar-refractivity contribution in [3.63, 3.8) is 0 Å². The molecule has 2 aliphatic rings. The number of carbonyl (C=O) groups excluding carboxylic acids is 1. The highest BCUT2D eigenvalue weighted by Crippen LogP contribution is 2.32. The van der Waals surface area contributed by atoms with Crippen LogP contribution in [0.25, 0.3) is 0 Å². The summed E-state index contributed by atoms with van der Waals surface area (Å²) in [5.41, 5.74) is 0. The van der Waals surface area contributed by atoms with Crippen LogP contribution < -0.4 is 0 Å². The summed E-state index contributed by atoms with van der Waals surface area (Å²) in [4.78, 5) is 11.0. The maximum absolute atomic E-state index is 11.0. The SMILES string of the molecule is COC(=O)C1=C[C@@H]2CCO[C@@H]2O1. The van der Waals surface area contributed by atoms with Crippen molar-refractivity contribution in [3.05, 3.63) is 11.8 Å². The molecule has 2 rings (SSSR count). The second-order valence-corrected chi connectivity index (χ2v) is 2.83. The highest BCUT2D eigenvalue weighted by atomic mass is 16.7. The van der Waals surface area contributed by atoms with Crippen LogP contribution >= 0.6 is 0 Å². The number of fused-ring (bicyclic) bond motifs is 1. The fourth-order valence-corrected chi connectivity index (χ4v) is 1.44. The molecule has 0 spiro atoms. The third kappa shape index (κ3) is 1.08. The lowest BCUT2D eigenvalue weighted by Gasteiger charge is -2.08. The summed E-state index contributed by atoms with van der Waals surface area (Å²) < 4.78 is 14.9. The van der Waals surface area contributed by atoms with Crippen LogP contribution in [0, 0.1) is 5.92 Å². The second kappa shape index (κ2) is 2.79. The predicted molar refractivity (Wildman–Crippen MR) is 39.0 cm³/mol. The van der Waals surface area contributed by atoms with Gasteiger partial charge in [0.25, 0.3) is 0 Å². The second-order valence-electron chi connectivity index (χ2n) is 2.83. The number of carbonyl (C=O) groups is 1. The van der Waals surface area contributed by atoms with Crippen molar-refractivity contribution in [2.24, 2.45) is 5.92 Å². The van der Waals surface area contributed by atoms with Crippen molar-refractivity contribution in [1.29, 1.82) is 0 Å². The Morgan fingerprint density at radius 1 is 1.75 bits per heavy atom. The Labute approximate surface area is 70.1 Å². The normalized spacial score (nSPS) is 32.2. The molecule has 0 bridgehead atoms. The van der Waals surface area contributed by atoms with E-state index >= 15 is 0 Å². The zero-order chi connectivity index (χ0) is 8.55. The van der Waals surface area contributed by atoms with Crippen molar-refractivity contribution < 1.29 is 19.0 Å². The van der Waals surface area contributed by atoms with Crippen LogP contribution in [0.4, 0.5) is 0 Å². The number of rotatable bonds is 1. The molecule has 12 heavy (non-hydrogen) atoms. The lowest BCUT2D eigenvalue weighted by atomic mass is 10.1. The van der Waals surface area contributed by atoms with Gasteiger partial charge in [0.2, 0.25) is 12.0 Å². The largest absolute Gasteiger partial charge is 0.463 e. The van der Waals surface area contributed by atoms with Crippen LogP contribution in [0.1, 0.15) is 6.42 Å². The Bertz CT molecular complexity index is 233. The van der Waals surface area contributed by atoms with Gasteiger partial charge in [-0.15, -0.1) is 0 Å². The minimum atomic E-state index is -0.423. The van der Waals surface area contributed by atoms with Gasteiger partial charge in [0, 0.05) is 5.92 Å². The number of ether oxygens (including phenoxy) is 3. The summed E-state index contributed by atoms with van der Waals surface area (Å²) in [6.45, 7) is 0.709. The van der Waals surface area contributed by atoms with E-state index in [9.17, 15) is 4.79 Å². The van der Waals surface area contributed by atoms with Crippen molar-refractivity contribution in [2.45, 2.75) is 12.7 Å². The van der Waals surface area contributed by atoms with Crippen molar-refractivity contribution in [2.75, 3.05) is 13.7 Å². The number of methoxy groups -OCH3 is 1. The summed E-state index contributed by atoms with van der Waals surface area (Å²) in [5, 5.41) is 0. The predicted octanol–water partition coefficient (Wildman–Crippen LogP) is 0.436. The van der Waals surface area contributed by atoms with Crippen molar-refractivity contribution in [3.8, 4) is 0 Å². The number of hydrogen-bond acceptors (Lipinski definition) is 4. The minimum absolute atomic E-state index is 0.235. The van der Waals surface area contributed by atoms with Crippen LogP contribution in [-0.4, -0.2) is 26.0 Å². The molecule has 0 amide bonds. The molecule has 0 aromatic rings. The Kier molecular flexibility index (Phi) is 1.77. The van der Waals surface area contributed by atoms with E-state index in [0.717, 1.165) is 6.42 Å². The van der Waals surface area contributed by atoms with Gasteiger partial charge >= 0.3 is 5.97 Å². The average Bonchev–Trinajstić information content (AvgIpc) is 2.60. The highest BCUT2D eigenvalue weighted by molar-refractivity contribution is 5.86. The van der Waals surface area contributed by atoms with E-state index < -0.39 is 5.97 Å². The van der Waals surface area contributed by atoms with Crippen molar-refractivity contribution in [1.82, 2.24) is 0 Å². The average molecular weight is 170 g/mol. The summed E-state index contributed by atoms with van der Waals surface area (Å²) in [7, 11) is 1.33. The molecule has 2 aliphatic heterocycles. The molecular formula is C8H10O4. The first-order valence-electron chi connectivity index (χ1n) is 3.89. The van der Waals surface area contributed by atoms with Crippen LogP contribution in [-0.2, 0) is 19.0 Å². The minimum Gasteiger partial charge on any atom is -0.463 e. The number of esters is 1. The van der Waals surface area contributed by atoms with E-state index in [0.29, 0.717) is 6.61 Å². The van der Waals surface area contributed by atoms with Gasteiger partial charge in [0.15, 0.2) is 0 Å². The fraction of sp³-hybridized carbons (Fsp3) is 0.625. The zero-order valence-corrected chi connectivity index (χ0v) is 6.78. The molecule has 2 heterocycles. The highest BCUT2D eigenvalue weighted by Gasteiger charge is 2.37. The third-order valence-electron chi connectivity index (χ3n) is 2.08. The van der Waals surface area contributed by atoms with E-state index in [4.69, 9.17) is 9.47 Å². The summed E-state index contributed by atoms with van der Waals surface area (Å²) in [5.74, 6) is 0.0966. The molecule has 4 nitrogen and oxygen atoms in total. The molecule has 0 N–H and O–H groups in total. The smallest absolute Gasteiger partial charge is 0.373 e. The quantitative estimate of drug-likeness (QED) is 0.535. The summed E-state index contributed by atoms with van der Waals surface area (Å²) >= 11 is 0. The fourth-order valence-electron chi connectivity index (χ4n) is 1.44. The molecule has 0 aromatic heterocycles. The lowest BCUT2D eigenvalue weighted by molar-refractivity contribution is -0.146. The molecule has 1 fully saturated rings. The zero-order valence-electron chi connectivity index (χ0n) is 6.78. The number of hydrogen-bond donors (Lipinski definition) is 0. The van der Waals surface area contributed by atoms with Gasteiger partial charge < -0.3 is 14.2 Å². The molecule has 1 saturated heterocycles. The molecule has 4 heteroatoms. The Balaban J connectivity index is 2.07. The summed E-state index contributed by atoms with van der Waals surface area (Å²) in [6, 6.07) is 0. The van der Waals surface area contributed by atoms with E-state index in [2.05, 4.69) is 4.74 Å². The van der Waals surface area contributed by atoms with E-state index in [1.165, 1.54) is 7.11 Å². The van der Waals surface area contributed by atoms with Gasteiger partial charge in [-0.2, -0.15) is 0 Å². The third-order valence-corrected chi connectivity index (χ3v) is 2.08. The molecule has 2 atom stereocenters. The van der Waals surface area contributed by atoms with Crippen LogP contribution in [0.3, 0.4) is 0 Å². The van der Waals surface area contributed by atoms with E-state index in [1.807, 2.05) is 0 Å². The molecule has 0 aromatic carbocycles. The monoisotopic (exact) mass is 170 g/mol. The van der Waals surface area contributed by atoms with Gasteiger partial charge in [-0.1, -0.05) is 0 Å². The first-order valence-corrected chi connectivity index (χ1v) is 3.89. The topological polar surface area (TPSA) is 44.8 Å². The van der Waals surface area contributed by atoms with Crippen molar-refractivity contribution >= 4 is 5.97 Å². The molecule has 0 unspecified atom stereocenters. The molecule has 0 aliphatic carbocycles. The molecule has 66 valence electrons. The summed E-state index contributed by atoms with van der Waals surface area (Å²) in [6.07, 6.45) is 2.45. The van der Waals surface area contributed by atoms with Gasteiger partial charge in [-0.05, 0) is 12.5 Å². The van der Waals surface area contributed by atoms with Crippen LogP contribution in [0.15, 0.2) is 11.8 Å². The van der Waals surface area contributed by atoms with E-state index in [-0.39, 0.29) is 18.0 Å². The van der Waals surface area contributed by atoms with Crippen LogP contribution in [0.2, 0.25) is 0 Å². The molecule has 0 saturated carbocycles. The Morgan fingerprint density at radius 3 is 3.25 bits per heavy atom. The Hall–Kier alpha value is -1.03. The van der Waals surface area contributed by atoms with Gasteiger partial charge in [-0.25, -0.2) is 4.79 Å². The molecule has 0 radical (unpaired) electrons. The first kappa shape index (κ1) is 7.61. The maximum atomic E-state index is 11.0. The van der Waals surface area contributed by atoms with Gasteiger partial charge in [0.05, 0.1) is 13.7 Å². The molecular weight excluding hydrogens is 160 g/mol. The first-order chi connectivity index (χ1) is 5.81. The van der Waals surface area contributed by atoms with Crippen LogP contribution in [0.5, 0.6) is 0 Å². The van der Waals surface area contributed by atoms with E-state index in [1.54, 1.807) is 6.08 Å². The Morgan fingerprint density at radius 2 is 2.58 bits per heavy atom.